The minimum Gasteiger partial charge on any atom is -0.497 e. The maximum absolute atomic E-state index is 13.0. The number of benzene rings is 2. The standard InChI is InChI=1S/C25H28N4O4/c1-29-11-10-26-24(29)23(18-13-19(32-2)15-20(14-18)33-3)28-22(30)9-8-17-12-16-6-4-5-7-21(16)27-25(17)31/h4-7,10-11,13-15,17,23H,8-9,12H2,1-3H3,(H,27,31)(H,28,30)/t17-,23+/m0/s1. The quantitative estimate of drug-likeness (QED) is 0.552. The number of ether oxygens (including phenoxy) is 2. The molecule has 0 fully saturated rings. The molecule has 2 atom stereocenters. The number of imidazole rings is 1. The van der Waals surface area contributed by atoms with E-state index in [1.807, 2.05) is 54.2 Å². The topological polar surface area (TPSA) is 94.5 Å². The highest BCUT2D eigenvalue weighted by Gasteiger charge is 2.27. The fourth-order valence-corrected chi connectivity index (χ4v) is 4.13. The average molecular weight is 449 g/mol. The first-order chi connectivity index (χ1) is 16.0. The maximum Gasteiger partial charge on any atom is 0.227 e. The second kappa shape index (κ2) is 9.77. The van der Waals surface area contributed by atoms with Gasteiger partial charge in [0, 0.05) is 43.5 Å². The Morgan fingerprint density at radius 1 is 1.21 bits per heavy atom. The number of rotatable bonds is 8. The first-order valence-corrected chi connectivity index (χ1v) is 10.9. The largest absolute Gasteiger partial charge is 0.497 e. The maximum atomic E-state index is 13.0. The molecule has 0 bridgehead atoms. The monoisotopic (exact) mass is 448 g/mol. The molecule has 0 aliphatic carbocycles. The van der Waals surface area contributed by atoms with E-state index in [9.17, 15) is 9.59 Å². The highest BCUT2D eigenvalue weighted by atomic mass is 16.5. The third-order valence-electron chi connectivity index (χ3n) is 5.96. The molecule has 172 valence electrons. The first kappa shape index (κ1) is 22.4. The van der Waals surface area contributed by atoms with Crippen molar-refractivity contribution < 1.29 is 19.1 Å². The van der Waals surface area contributed by atoms with Gasteiger partial charge < -0.3 is 24.7 Å². The van der Waals surface area contributed by atoms with E-state index in [1.165, 1.54) is 0 Å². The highest BCUT2D eigenvalue weighted by molar-refractivity contribution is 5.96. The van der Waals surface area contributed by atoms with Crippen LogP contribution in [0.5, 0.6) is 11.5 Å². The molecule has 1 aliphatic heterocycles. The van der Waals surface area contributed by atoms with Crippen LogP contribution < -0.4 is 20.1 Å². The summed E-state index contributed by atoms with van der Waals surface area (Å²) in [4.78, 5) is 29.9. The predicted molar refractivity (Wildman–Crippen MR) is 124 cm³/mol. The van der Waals surface area contributed by atoms with Crippen molar-refractivity contribution >= 4 is 17.5 Å². The number of fused-ring (bicyclic) bond motifs is 1. The van der Waals surface area contributed by atoms with Crippen molar-refractivity contribution in [1.29, 1.82) is 0 Å². The smallest absolute Gasteiger partial charge is 0.227 e. The lowest BCUT2D eigenvalue weighted by Crippen LogP contribution is -2.34. The SMILES string of the molecule is COc1cc(OC)cc([C@@H](NC(=O)CC[C@H]2Cc3ccccc3NC2=O)c2nccn2C)c1. The number of nitrogens with one attached hydrogen (secondary N) is 2. The van der Waals surface area contributed by atoms with E-state index in [0.717, 1.165) is 16.8 Å². The van der Waals surface area contributed by atoms with E-state index in [-0.39, 0.29) is 24.2 Å². The van der Waals surface area contributed by atoms with Crippen LogP contribution in [0.25, 0.3) is 0 Å². The molecule has 33 heavy (non-hydrogen) atoms. The van der Waals surface area contributed by atoms with Crippen LogP contribution in [0.1, 0.15) is 35.8 Å². The van der Waals surface area contributed by atoms with Crippen LogP contribution in [0.3, 0.4) is 0 Å². The van der Waals surface area contributed by atoms with E-state index in [1.54, 1.807) is 26.5 Å². The van der Waals surface area contributed by atoms with Gasteiger partial charge in [-0.1, -0.05) is 18.2 Å². The molecular weight excluding hydrogens is 420 g/mol. The lowest BCUT2D eigenvalue weighted by molar-refractivity contribution is -0.123. The highest BCUT2D eigenvalue weighted by Crippen LogP contribution is 2.30. The Hall–Kier alpha value is -3.81. The number of aromatic nitrogens is 2. The van der Waals surface area contributed by atoms with Crippen LogP contribution in [0.2, 0.25) is 0 Å². The zero-order valence-electron chi connectivity index (χ0n) is 19.0. The van der Waals surface area contributed by atoms with Crippen molar-refractivity contribution in [3.05, 3.63) is 71.8 Å². The molecule has 0 saturated carbocycles. The Balaban J connectivity index is 1.50. The summed E-state index contributed by atoms with van der Waals surface area (Å²) in [6.45, 7) is 0. The number of anilines is 1. The summed E-state index contributed by atoms with van der Waals surface area (Å²) in [6.07, 6.45) is 4.83. The van der Waals surface area contributed by atoms with Gasteiger partial charge >= 0.3 is 0 Å². The van der Waals surface area contributed by atoms with Crippen LogP contribution in [0.15, 0.2) is 54.9 Å². The van der Waals surface area contributed by atoms with Gasteiger partial charge in [-0.2, -0.15) is 0 Å². The summed E-state index contributed by atoms with van der Waals surface area (Å²) in [5, 5.41) is 6.03. The molecule has 0 radical (unpaired) electrons. The molecule has 2 N–H and O–H groups in total. The Morgan fingerprint density at radius 2 is 1.94 bits per heavy atom. The van der Waals surface area contributed by atoms with Crippen molar-refractivity contribution in [1.82, 2.24) is 14.9 Å². The van der Waals surface area contributed by atoms with Gasteiger partial charge in [0.15, 0.2) is 0 Å². The summed E-state index contributed by atoms with van der Waals surface area (Å²) in [7, 11) is 5.04. The normalized spacial score (nSPS) is 15.8. The van der Waals surface area contributed by atoms with Crippen molar-refractivity contribution in [2.24, 2.45) is 13.0 Å². The Kier molecular flexibility index (Phi) is 6.63. The number of aryl methyl sites for hydroxylation is 1. The number of hydrogen-bond acceptors (Lipinski definition) is 5. The van der Waals surface area contributed by atoms with Gasteiger partial charge in [-0.25, -0.2) is 4.98 Å². The van der Waals surface area contributed by atoms with Gasteiger partial charge in [0.05, 0.1) is 14.2 Å². The summed E-state index contributed by atoms with van der Waals surface area (Å²) < 4.78 is 12.7. The van der Waals surface area contributed by atoms with E-state index in [4.69, 9.17) is 9.47 Å². The van der Waals surface area contributed by atoms with Crippen molar-refractivity contribution in [3.8, 4) is 11.5 Å². The number of nitrogens with zero attached hydrogens (tertiary/aromatic N) is 2. The van der Waals surface area contributed by atoms with Crippen LogP contribution in [-0.2, 0) is 23.1 Å². The van der Waals surface area contributed by atoms with E-state index >= 15 is 0 Å². The average Bonchev–Trinajstić information content (AvgIpc) is 3.26. The van der Waals surface area contributed by atoms with Gasteiger partial charge in [0.25, 0.3) is 0 Å². The lowest BCUT2D eigenvalue weighted by Gasteiger charge is -2.25. The van der Waals surface area contributed by atoms with E-state index < -0.39 is 6.04 Å². The van der Waals surface area contributed by atoms with Crippen LogP contribution in [-0.4, -0.2) is 35.6 Å². The molecule has 4 rings (SSSR count). The third-order valence-corrected chi connectivity index (χ3v) is 5.96. The molecular formula is C25H28N4O4. The molecule has 8 heteroatoms. The first-order valence-electron chi connectivity index (χ1n) is 10.9. The van der Waals surface area contributed by atoms with Crippen LogP contribution >= 0.6 is 0 Å². The number of methoxy groups -OCH3 is 2. The third kappa shape index (κ3) is 5.00. The molecule has 1 aromatic heterocycles. The van der Waals surface area contributed by atoms with Crippen molar-refractivity contribution in [2.75, 3.05) is 19.5 Å². The van der Waals surface area contributed by atoms with Gasteiger partial charge in [-0.05, 0) is 42.2 Å². The lowest BCUT2D eigenvalue weighted by atomic mass is 9.89. The summed E-state index contributed by atoms with van der Waals surface area (Å²) >= 11 is 0. The molecule has 0 spiro atoms. The number of para-hydroxylation sites is 1. The van der Waals surface area contributed by atoms with Gasteiger partial charge in [0.1, 0.15) is 23.4 Å². The van der Waals surface area contributed by atoms with Crippen molar-refractivity contribution in [3.63, 3.8) is 0 Å². The minimum absolute atomic E-state index is 0.0420. The zero-order chi connectivity index (χ0) is 23.4. The number of hydrogen-bond donors (Lipinski definition) is 2. The molecule has 1 aliphatic rings. The Labute approximate surface area is 192 Å². The molecule has 0 saturated heterocycles. The van der Waals surface area contributed by atoms with E-state index in [0.29, 0.717) is 30.2 Å². The fraction of sp³-hybridized carbons (Fsp3) is 0.320. The number of amides is 2. The summed E-state index contributed by atoms with van der Waals surface area (Å²) in [5.74, 6) is 1.49. The molecule has 8 nitrogen and oxygen atoms in total. The molecule has 2 heterocycles. The molecule has 2 aromatic carbocycles. The van der Waals surface area contributed by atoms with Crippen LogP contribution in [0, 0.1) is 5.92 Å². The number of carbonyl (C=O) groups excluding carboxylic acids is 2. The van der Waals surface area contributed by atoms with Gasteiger partial charge in [0.2, 0.25) is 11.8 Å². The molecule has 3 aromatic rings. The Bertz CT molecular complexity index is 1130. The van der Waals surface area contributed by atoms with Crippen LogP contribution in [0.4, 0.5) is 5.69 Å². The number of carbonyl (C=O) groups is 2. The summed E-state index contributed by atoms with van der Waals surface area (Å²) in [6, 6.07) is 12.8. The Morgan fingerprint density at radius 3 is 2.61 bits per heavy atom. The van der Waals surface area contributed by atoms with Crippen molar-refractivity contribution in [2.45, 2.75) is 25.3 Å². The minimum atomic E-state index is -0.498. The van der Waals surface area contributed by atoms with Gasteiger partial charge in [-0.3, -0.25) is 9.59 Å². The summed E-state index contributed by atoms with van der Waals surface area (Å²) in [5.41, 5.74) is 2.74. The second-order valence-electron chi connectivity index (χ2n) is 8.13. The second-order valence-corrected chi connectivity index (χ2v) is 8.13. The zero-order valence-corrected chi connectivity index (χ0v) is 19.0. The molecule has 2 amide bonds. The molecule has 0 unspecified atom stereocenters. The fourth-order valence-electron chi connectivity index (χ4n) is 4.13. The van der Waals surface area contributed by atoms with E-state index in [2.05, 4.69) is 15.6 Å². The van der Waals surface area contributed by atoms with Gasteiger partial charge in [-0.15, -0.1) is 0 Å². The predicted octanol–water partition coefficient (Wildman–Crippen LogP) is 3.23.